The van der Waals surface area contributed by atoms with E-state index in [-0.39, 0.29) is 11.4 Å². The fourth-order valence-corrected chi connectivity index (χ4v) is 2.56. The summed E-state index contributed by atoms with van der Waals surface area (Å²) in [6.07, 6.45) is 0.866. The van der Waals surface area contributed by atoms with E-state index in [1.165, 1.54) is 16.8 Å². The second-order valence-corrected chi connectivity index (χ2v) is 7.21. The van der Waals surface area contributed by atoms with Crippen molar-refractivity contribution in [3.8, 4) is 0 Å². The molecule has 0 bridgehead atoms. The normalized spacial score (nSPS) is 12.5. The largest absolute Gasteiger partial charge is 0.443 e. The first-order valence-corrected chi connectivity index (χ1v) is 8.23. The molecular weight excluding hydrogens is 358 g/mol. The third-order valence-corrected chi connectivity index (χ3v) is 3.62. The average molecular weight is 380 g/mol. The van der Waals surface area contributed by atoms with E-state index in [0.29, 0.717) is 10.7 Å². The molecule has 0 fully saturated rings. The minimum absolute atomic E-state index is 0.200. The third kappa shape index (κ3) is 4.45. The van der Waals surface area contributed by atoms with Crippen molar-refractivity contribution in [1.82, 2.24) is 9.78 Å². The molecule has 26 heavy (non-hydrogen) atoms. The second-order valence-electron chi connectivity index (χ2n) is 6.77. The average Bonchev–Trinajstić information content (AvgIpc) is 2.89. The number of nitrogens with zero attached hydrogens (tertiary/aromatic N) is 3. The highest BCUT2D eigenvalue weighted by molar-refractivity contribution is 6.31. The van der Waals surface area contributed by atoms with Crippen LogP contribution >= 0.6 is 11.6 Å². The van der Waals surface area contributed by atoms with Gasteiger partial charge in [-0.05, 0) is 45.0 Å². The van der Waals surface area contributed by atoms with E-state index >= 15 is 0 Å². The number of carbonyl (C=O) groups is 2. The Morgan fingerprint density at radius 1 is 1.31 bits per heavy atom. The zero-order chi connectivity index (χ0) is 19.6. The highest BCUT2D eigenvalue weighted by Crippen LogP contribution is 2.34. The van der Waals surface area contributed by atoms with E-state index in [1.807, 2.05) is 0 Å². The van der Waals surface area contributed by atoms with Gasteiger partial charge in [0.25, 0.3) is 0 Å². The van der Waals surface area contributed by atoms with Gasteiger partial charge in [-0.25, -0.2) is 4.79 Å². The molecule has 9 heteroatoms. The summed E-state index contributed by atoms with van der Waals surface area (Å²) in [6.45, 7) is 5.15. The summed E-state index contributed by atoms with van der Waals surface area (Å²) in [5.74, 6) is -0.774. The van der Waals surface area contributed by atoms with Crippen molar-refractivity contribution < 1.29 is 14.3 Å². The van der Waals surface area contributed by atoms with Gasteiger partial charge in [0, 0.05) is 18.3 Å². The third-order valence-electron chi connectivity index (χ3n) is 3.38. The Hall–Kier alpha value is -2.74. The van der Waals surface area contributed by atoms with E-state index in [1.54, 1.807) is 46.1 Å². The standard InChI is InChI=1S/C17H22ClN5O3/c1-17(2,3)26-16(25)23(13-6-5-10(18)9-11(13)19)14(15(20)24)12-7-8-22(4)21-12/h5-9,14H,19H2,1-4H3,(H2,20,24). The minimum Gasteiger partial charge on any atom is -0.443 e. The number of ether oxygens (including phenoxy) is 1. The molecule has 1 heterocycles. The van der Waals surface area contributed by atoms with Gasteiger partial charge in [-0.3, -0.25) is 14.4 Å². The molecule has 0 saturated carbocycles. The molecular formula is C17H22ClN5O3. The second kappa shape index (κ2) is 7.25. The number of primary amides is 1. The lowest BCUT2D eigenvalue weighted by molar-refractivity contribution is -0.119. The molecule has 2 rings (SSSR count). The molecule has 8 nitrogen and oxygen atoms in total. The lowest BCUT2D eigenvalue weighted by Crippen LogP contribution is -2.45. The van der Waals surface area contributed by atoms with Crippen LogP contribution in [0.25, 0.3) is 0 Å². The van der Waals surface area contributed by atoms with Crippen molar-refractivity contribution in [2.75, 3.05) is 10.6 Å². The number of carbonyl (C=O) groups excluding carboxylic acids is 2. The van der Waals surface area contributed by atoms with Gasteiger partial charge in [-0.15, -0.1) is 0 Å². The summed E-state index contributed by atoms with van der Waals surface area (Å²) >= 11 is 5.95. The number of nitrogen functional groups attached to an aromatic ring is 1. The monoisotopic (exact) mass is 379 g/mol. The van der Waals surface area contributed by atoms with Gasteiger partial charge in [0.05, 0.1) is 17.1 Å². The Bertz CT molecular complexity index is 828. The van der Waals surface area contributed by atoms with Crippen LogP contribution in [0.2, 0.25) is 5.02 Å². The number of rotatable bonds is 4. The van der Waals surface area contributed by atoms with Crippen LogP contribution in [0.1, 0.15) is 32.5 Å². The van der Waals surface area contributed by atoms with Gasteiger partial charge < -0.3 is 16.2 Å². The Balaban J connectivity index is 2.61. The summed E-state index contributed by atoms with van der Waals surface area (Å²) in [5.41, 5.74) is 11.6. The van der Waals surface area contributed by atoms with Crippen molar-refractivity contribution in [2.24, 2.45) is 12.8 Å². The highest BCUT2D eigenvalue weighted by Gasteiger charge is 2.36. The van der Waals surface area contributed by atoms with Crippen molar-refractivity contribution >= 4 is 35.0 Å². The number of benzene rings is 1. The molecule has 1 aromatic carbocycles. The fraction of sp³-hybridized carbons (Fsp3) is 0.353. The molecule has 1 unspecified atom stereocenters. The van der Waals surface area contributed by atoms with Crippen molar-refractivity contribution in [1.29, 1.82) is 0 Å². The lowest BCUT2D eigenvalue weighted by atomic mass is 10.1. The molecule has 0 saturated heterocycles. The van der Waals surface area contributed by atoms with Gasteiger partial charge in [-0.1, -0.05) is 11.6 Å². The summed E-state index contributed by atoms with van der Waals surface area (Å²) in [4.78, 5) is 26.2. The molecule has 0 aliphatic rings. The molecule has 0 aliphatic heterocycles. The number of amides is 2. The number of hydrogen-bond acceptors (Lipinski definition) is 5. The Morgan fingerprint density at radius 3 is 2.42 bits per heavy atom. The first-order chi connectivity index (χ1) is 12.0. The molecule has 2 aromatic rings. The summed E-state index contributed by atoms with van der Waals surface area (Å²) in [7, 11) is 1.69. The van der Waals surface area contributed by atoms with E-state index in [4.69, 9.17) is 27.8 Å². The maximum atomic E-state index is 12.9. The van der Waals surface area contributed by atoms with Crippen LogP contribution in [0.15, 0.2) is 30.5 Å². The number of aromatic nitrogens is 2. The number of hydrogen-bond donors (Lipinski definition) is 2. The number of halogens is 1. The Labute approximate surface area is 156 Å². The first-order valence-electron chi connectivity index (χ1n) is 7.85. The smallest absolute Gasteiger partial charge is 0.415 e. The molecule has 0 aliphatic carbocycles. The van der Waals surface area contributed by atoms with E-state index in [0.717, 1.165) is 4.90 Å². The Kier molecular flexibility index (Phi) is 5.46. The number of nitrogens with two attached hydrogens (primary N) is 2. The molecule has 1 atom stereocenters. The van der Waals surface area contributed by atoms with Gasteiger partial charge in [0.2, 0.25) is 5.91 Å². The van der Waals surface area contributed by atoms with Crippen LogP contribution < -0.4 is 16.4 Å². The van der Waals surface area contributed by atoms with Crippen LogP contribution in [0.4, 0.5) is 16.2 Å². The highest BCUT2D eigenvalue weighted by atomic mass is 35.5. The topological polar surface area (TPSA) is 116 Å². The van der Waals surface area contributed by atoms with Gasteiger partial charge in [-0.2, -0.15) is 5.10 Å². The van der Waals surface area contributed by atoms with Crippen molar-refractivity contribution in [3.63, 3.8) is 0 Å². The fourth-order valence-electron chi connectivity index (χ4n) is 2.38. The van der Waals surface area contributed by atoms with Crippen LogP contribution in [-0.2, 0) is 16.6 Å². The van der Waals surface area contributed by atoms with Gasteiger partial charge >= 0.3 is 6.09 Å². The molecule has 0 spiro atoms. The van der Waals surface area contributed by atoms with E-state index in [9.17, 15) is 9.59 Å². The predicted molar refractivity (Wildman–Crippen MR) is 99.7 cm³/mol. The lowest BCUT2D eigenvalue weighted by Gasteiger charge is -2.32. The predicted octanol–water partition coefficient (Wildman–Crippen LogP) is 2.62. The SMILES string of the molecule is Cn1ccc(C(C(N)=O)N(C(=O)OC(C)(C)C)c2ccc(Cl)cc2N)n1. The molecule has 4 N–H and O–H groups in total. The summed E-state index contributed by atoms with van der Waals surface area (Å²) in [6, 6.07) is 4.96. The van der Waals surface area contributed by atoms with Gasteiger partial charge in [0.1, 0.15) is 5.60 Å². The maximum absolute atomic E-state index is 12.9. The minimum atomic E-state index is -1.20. The summed E-state index contributed by atoms with van der Waals surface area (Å²) in [5, 5.41) is 4.60. The van der Waals surface area contributed by atoms with E-state index in [2.05, 4.69) is 5.10 Å². The van der Waals surface area contributed by atoms with Crippen molar-refractivity contribution in [2.45, 2.75) is 32.4 Å². The molecule has 0 radical (unpaired) electrons. The zero-order valence-corrected chi connectivity index (χ0v) is 15.8. The molecule has 2 amide bonds. The maximum Gasteiger partial charge on any atom is 0.415 e. The van der Waals surface area contributed by atoms with E-state index < -0.39 is 23.6 Å². The Morgan fingerprint density at radius 2 is 1.96 bits per heavy atom. The molecule has 140 valence electrons. The van der Waals surface area contributed by atoms with Gasteiger partial charge in [0.15, 0.2) is 6.04 Å². The van der Waals surface area contributed by atoms with Crippen LogP contribution in [-0.4, -0.2) is 27.4 Å². The van der Waals surface area contributed by atoms with Crippen molar-refractivity contribution in [3.05, 3.63) is 41.2 Å². The van der Waals surface area contributed by atoms with Crippen LogP contribution in [0, 0.1) is 0 Å². The number of anilines is 2. The molecule has 1 aromatic heterocycles. The summed E-state index contributed by atoms with van der Waals surface area (Å²) < 4.78 is 6.96. The van der Waals surface area contributed by atoms with Crippen LogP contribution in [0.3, 0.4) is 0 Å². The number of aryl methyl sites for hydroxylation is 1. The zero-order valence-electron chi connectivity index (χ0n) is 15.1. The van der Waals surface area contributed by atoms with Crippen LogP contribution in [0.5, 0.6) is 0 Å². The first kappa shape index (κ1) is 19.6. The quantitative estimate of drug-likeness (QED) is 0.792.